The van der Waals surface area contributed by atoms with Gasteiger partial charge in [0, 0.05) is 79.9 Å². The quantitative estimate of drug-likeness (QED) is 0.280. The maximum Gasteiger partial charge on any atom is 0.269 e. The van der Waals surface area contributed by atoms with E-state index in [0.717, 1.165) is 61.8 Å². The predicted octanol–water partition coefficient (Wildman–Crippen LogP) is 3.06. The van der Waals surface area contributed by atoms with E-state index in [-0.39, 0.29) is 17.5 Å². The summed E-state index contributed by atoms with van der Waals surface area (Å²) in [5, 5.41) is 10.9. The lowest BCUT2D eigenvalue weighted by molar-refractivity contribution is -0.134. The Labute approximate surface area is 258 Å². The van der Waals surface area contributed by atoms with Crippen LogP contribution >= 0.6 is 11.6 Å². The standard InChI is InChI=1S/C31H32ClN9O3/c1-34-23-16-27(37-41-26(29(33)43)17-35-30(23)41)40-10-9-20-24(3-2-4-25(20)40)39-13-11-38(12-14-39)18-5-7-22(32)21(15-18)19-6-8-28(42)36-31(19)44/h2-5,7,15-17,19,34H,6,8-14H2,1H3,(H2,33,43)(H,36,42,44). The second-order valence-corrected chi connectivity index (χ2v) is 11.7. The molecule has 0 radical (unpaired) electrons. The van der Waals surface area contributed by atoms with Crippen LogP contribution in [0.3, 0.4) is 0 Å². The van der Waals surface area contributed by atoms with Crippen LogP contribution in [-0.4, -0.2) is 72.1 Å². The minimum atomic E-state index is -0.585. The van der Waals surface area contributed by atoms with Crippen LogP contribution in [0.5, 0.6) is 0 Å². The van der Waals surface area contributed by atoms with Crippen molar-refractivity contribution >= 4 is 63.5 Å². The molecule has 0 spiro atoms. The van der Waals surface area contributed by atoms with Crippen LogP contribution < -0.4 is 31.1 Å². The van der Waals surface area contributed by atoms with Crippen LogP contribution in [0.2, 0.25) is 5.02 Å². The first-order valence-electron chi connectivity index (χ1n) is 14.7. The zero-order chi connectivity index (χ0) is 30.5. The number of carbonyl (C=O) groups excluding carboxylic acids is 3. The molecule has 1 atom stereocenters. The van der Waals surface area contributed by atoms with Gasteiger partial charge < -0.3 is 25.8 Å². The number of nitrogens with two attached hydrogens (primary N) is 1. The lowest BCUT2D eigenvalue weighted by Crippen LogP contribution is -2.47. The number of nitrogens with zero attached hydrogens (tertiary/aromatic N) is 6. The van der Waals surface area contributed by atoms with E-state index in [2.05, 4.69) is 48.5 Å². The third-order valence-corrected chi connectivity index (χ3v) is 9.18. The van der Waals surface area contributed by atoms with E-state index in [1.54, 1.807) is 0 Å². The number of carbonyl (C=O) groups is 3. The number of piperazine rings is 1. The summed E-state index contributed by atoms with van der Waals surface area (Å²) in [7, 11) is 1.81. The summed E-state index contributed by atoms with van der Waals surface area (Å²) in [6.07, 6.45) is 3.09. The van der Waals surface area contributed by atoms with E-state index in [4.69, 9.17) is 22.4 Å². The van der Waals surface area contributed by atoms with E-state index in [9.17, 15) is 14.4 Å². The molecule has 3 amide bonds. The first-order chi connectivity index (χ1) is 21.3. The van der Waals surface area contributed by atoms with E-state index in [1.165, 1.54) is 22.0 Å². The molecule has 4 N–H and O–H groups in total. The van der Waals surface area contributed by atoms with Crippen molar-refractivity contribution in [3.63, 3.8) is 0 Å². The summed E-state index contributed by atoms with van der Waals surface area (Å²) >= 11 is 6.52. The largest absolute Gasteiger partial charge is 0.385 e. The monoisotopic (exact) mass is 613 g/mol. The lowest BCUT2D eigenvalue weighted by Gasteiger charge is -2.38. The molecule has 0 bridgehead atoms. The molecule has 2 aromatic heterocycles. The first-order valence-corrected chi connectivity index (χ1v) is 15.1. The minimum Gasteiger partial charge on any atom is -0.385 e. The molecule has 1 unspecified atom stereocenters. The normalized spacial score (nSPS) is 18.5. The molecule has 4 aromatic rings. The van der Waals surface area contributed by atoms with E-state index >= 15 is 0 Å². The number of fused-ring (bicyclic) bond motifs is 2. The number of imidazole rings is 1. The molecule has 12 nitrogen and oxygen atoms in total. The van der Waals surface area contributed by atoms with Crippen molar-refractivity contribution in [2.45, 2.75) is 25.2 Å². The van der Waals surface area contributed by atoms with Crippen LogP contribution in [0, 0.1) is 0 Å². The van der Waals surface area contributed by atoms with E-state index in [1.807, 2.05) is 31.3 Å². The van der Waals surface area contributed by atoms with Crippen molar-refractivity contribution in [2.75, 3.05) is 59.8 Å². The van der Waals surface area contributed by atoms with Crippen molar-refractivity contribution in [3.8, 4) is 0 Å². The van der Waals surface area contributed by atoms with Gasteiger partial charge in [0.05, 0.1) is 17.8 Å². The summed E-state index contributed by atoms with van der Waals surface area (Å²) in [5.41, 5.74) is 12.5. The fourth-order valence-corrected chi connectivity index (χ4v) is 6.83. The van der Waals surface area contributed by atoms with Crippen molar-refractivity contribution in [1.82, 2.24) is 19.9 Å². The second kappa shape index (κ2) is 11.0. The SMILES string of the molecule is CNc1cc(N2CCc3c(N4CCN(c5ccc(Cl)c(C6CCC(=O)NC6=O)c5)CC4)cccc32)nn2c(C(N)=O)cnc12. The topological polar surface area (TPSA) is 141 Å². The summed E-state index contributed by atoms with van der Waals surface area (Å²) in [6.45, 7) is 4.03. The number of halogens is 1. The van der Waals surface area contributed by atoms with Gasteiger partial charge in [-0.1, -0.05) is 17.7 Å². The Kier molecular flexibility index (Phi) is 7.00. The Morgan fingerprint density at radius 3 is 2.55 bits per heavy atom. The number of piperidine rings is 1. The molecule has 2 fully saturated rings. The van der Waals surface area contributed by atoms with Crippen LogP contribution in [0.1, 0.15) is 40.4 Å². The Hall–Kier alpha value is -4.84. The Balaban J connectivity index is 1.11. The number of amides is 3. The van der Waals surface area contributed by atoms with Gasteiger partial charge in [-0.05, 0) is 48.7 Å². The number of imide groups is 1. The fourth-order valence-electron chi connectivity index (χ4n) is 6.58. The van der Waals surface area contributed by atoms with Crippen molar-refractivity contribution in [1.29, 1.82) is 0 Å². The van der Waals surface area contributed by atoms with Crippen LogP contribution in [0.25, 0.3) is 5.65 Å². The third kappa shape index (κ3) is 4.75. The van der Waals surface area contributed by atoms with Crippen LogP contribution in [-0.2, 0) is 16.0 Å². The summed E-state index contributed by atoms with van der Waals surface area (Å²) in [6, 6.07) is 14.2. The number of anilines is 5. The Morgan fingerprint density at radius 2 is 1.80 bits per heavy atom. The molecule has 0 aliphatic carbocycles. The average molecular weight is 614 g/mol. The molecule has 226 valence electrons. The van der Waals surface area contributed by atoms with Crippen LogP contribution in [0.15, 0.2) is 48.7 Å². The van der Waals surface area contributed by atoms with Gasteiger partial charge in [0.15, 0.2) is 11.5 Å². The van der Waals surface area contributed by atoms with Gasteiger partial charge in [-0.15, -0.1) is 5.10 Å². The molecule has 2 saturated heterocycles. The molecule has 3 aliphatic heterocycles. The number of rotatable bonds is 6. The molecule has 44 heavy (non-hydrogen) atoms. The fraction of sp³-hybridized carbons (Fsp3) is 0.323. The van der Waals surface area contributed by atoms with Crippen molar-refractivity contribution < 1.29 is 14.4 Å². The molecule has 0 saturated carbocycles. The highest BCUT2D eigenvalue weighted by atomic mass is 35.5. The number of nitrogens with one attached hydrogen (secondary N) is 2. The number of aromatic nitrogens is 3. The third-order valence-electron chi connectivity index (χ3n) is 8.84. The zero-order valence-electron chi connectivity index (χ0n) is 24.2. The van der Waals surface area contributed by atoms with Gasteiger partial charge in [0.2, 0.25) is 11.8 Å². The predicted molar refractivity (Wildman–Crippen MR) is 169 cm³/mol. The summed E-state index contributed by atoms with van der Waals surface area (Å²) in [5.74, 6) is -0.823. The highest BCUT2D eigenvalue weighted by Crippen LogP contribution is 2.41. The summed E-state index contributed by atoms with van der Waals surface area (Å²) < 4.78 is 1.51. The van der Waals surface area contributed by atoms with Gasteiger partial charge in [-0.2, -0.15) is 0 Å². The number of hydrogen-bond donors (Lipinski definition) is 3. The molecular formula is C31H32ClN9O3. The molecule has 2 aromatic carbocycles. The molecular weight excluding hydrogens is 582 g/mol. The van der Waals surface area contributed by atoms with Gasteiger partial charge in [-0.3, -0.25) is 19.7 Å². The van der Waals surface area contributed by atoms with Gasteiger partial charge in [0.25, 0.3) is 5.91 Å². The maximum absolute atomic E-state index is 12.5. The average Bonchev–Trinajstić information content (AvgIpc) is 3.66. The highest BCUT2D eigenvalue weighted by Gasteiger charge is 2.31. The smallest absolute Gasteiger partial charge is 0.269 e. The molecule has 3 aliphatic rings. The van der Waals surface area contributed by atoms with Crippen molar-refractivity contribution in [2.24, 2.45) is 5.73 Å². The van der Waals surface area contributed by atoms with E-state index in [0.29, 0.717) is 29.3 Å². The Bertz CT molecular complexity index is 1810. The van der Waals surface area contributed by atoms with E-state index < -0.39 is 11.8 Å². The number of primary amides is 1. The maximum atomic E-state index is 12.5. The number of hydrogen-bond acceptors (Lipinski definition) is 9. The Morgan fingerprint density at radius 1 is 1.02 bits per heavy atom. The molecule has 13 heteroatoms. The molecule has 7 rings (SSSR count). The van der Waals surface area contributed by atoms with Crippen LogP contribution in [0.4, 0.5) is 28.6 Å². The zero-order valence-corrected chi connectivity index (χ0v) is 25.0. The van der Waals surface area contributed by atoms with Gasteiger partial charge >= 0.3 is 0 Å². The van der Waals surface area contributed by atoms with Gasteiger partial charge in [0.1, 0.15) is 5.69 Å². The number of benzene rings is 2. The summed E-state index contributed by atoms with van der Waals surface area (Å²) in [4.78, 5) is 47.4. The second-order valence-electron chi connectivity index (χ2n) is 11.3. The first kappa shape index (κ1) is 28.0. The van der Waals surface area contributed by atoms with Gasteiger partial charge in [-0.25, -0.2) is 9.50 Å². The minimum absolute atomic E-state index is 0.231. The lowest BCUT2D eigenvalue weighted by atomic mass is 9.90. The van der Waals surface area contributed by atoms with Crippen molar-refractivity contribution in [3.05, 3.63) is 70.5 Å². The molecule has 5 heterocycles. The highest BCUT2D eigenvalue weighted by molar-refractivity contribution is 6.31.